The van der Waals surface area contributed by atoms with Gasteiger partial charge in [0.2, 0.25) is 9.84 Å². The number of imidazole rings is 1. The molecule has 0 saturated carbocycles. The fourth-order valence-corrected chi connectivity index (χ4v) is 5.55. The summed E-state index contributed by atoms with van der Waals surface area (Å²) in [6.45, 7) is 13.3. The quantitative estimate of drug-likeness (QED) is 0.603. The van der Waals surface area contributed by atoms with E-state index >= 15 is 0 Å². The summed E-state index contributed by atoms with van der Waals surface area (Å²) in [6.07, 6.45) is 7.06. The first-order valence-electron chi connectivity index (χ1n) is 10.7. The third kappa shape index (κ3) is 4.13. The fourth-order valence-electron chi connectivity index (χ4n) is 4.28. The second-order valence-corrected chi connectivity index (χ2v) is 11.4. The molecule has 0 amide bonds. The Morgan fingerprint density at radius 1 is 1.19 bits per heavy atom. The van der Waals surface area contributed by atoms with Crippen molar-refractivity contribution in [3.8, 4) is 0 Å². The van der Waals surface area contributed by atoms with E-state index in [0.717, 1.165) is 49.3 Å². The molecule has 0 unspecified atom stereocenters. The number of likely N-dealkylation sites (tertiary alicyclic amines) is 1. The van der Waals surface area contributed by atoms with Gasteiger partial charge in [0.15, 0.2) is 0 Å². The molecule has 7 nitrogen and oxygen atoms in total. The van der Waals surface area contributed by atoms with Gasteiger partial charge in [-0.15, -0.1) is 0 Å². The van der Waals surface area contributed by atoms with E-state index in [1.807, 2.05) is 12.3 Å². The Labute approximate surface area is 184 Å². The zero-order valence-electron chi connectivity index (χ0n) is 18.7. The third-order valence-corrected chi connectivity index (χ3v) is 7.75. The maximum atomic E-state index is 13.1. The molecule has 1 aromatic carbocycles. The Morgan fingerprint density at radius 2 is 1.90 bits per heavy atom. The van der Waals surface area contributed by atoms with E-state index in [-0.39, 0.29) is 15.2 Å². The van der Waals surface area contributed by atoms with E-state index in [0.29, 0.717) is 5.92 Å². The van der Waals surface area contributed by atoms with Gasteiger partial charge in [0.05, 0.1) is 22.1 Å². The number of aryl methyl sites for hydroxylation is 1. The van der Waals surface area contributed by atoms with E-state index in [1.165, 1.54) is 17.1 Å². The number of piperidine rings is 1. The fraction of sp³-hybridized carbons (Fsp3) is 0.478. The second-order valence-electron chi connectivity index (χ2n) is 9.46. The van der Waals surface area contributed by atoms with Crippen molar-refractivity contribution in [2.45, 2.75) is 55.4 Å². The molecule has 4 rings (SSSR count). The molecule has 0 bridgehead atoms. The Bertz CT molecular complexity index is 1210. The summed E-state index contributed by atoms with van der Waals surface area (Å²) in [5, 5.41) is 4.01. The van der Waals surface area contributed by atoms with Crippen LogP contribution in [0.2, 0.25) is 0 Å². The summed E-state index contributed by atoms with van der Waals surface area (Å²) >= 11 is 0. The maximum absolute atomic E-state index is 13.1. The van der Waals surface area contributed by atoms with Gasteiger partial charge in [-0.25, -0.2) is 13.4 Å². The van der Waals surface area contributed by atoms with E-state index in [2.05, 4.69) is 41.9 Å². The van der Waals surface area contributed by atoms with Crippen molar-refractivity contribution in [1.29, 1.82) is 0 Å². The molecule has 2 aromatic heterocycles. The summed E-state index contributed by atoms with van der Waals surface area (Å²) in [4.78, 5) is 7.61. The molecule has 1 aliphatic rings. The minimum absolute atomic E-state index is 0.150. The van der Waals surface area contributed by atoms with Crippen LogP contribution < -0.4 is 0 Å². The number of hydrogen-bond acceptors (Lipinski definition) is 5. The molecule has 0 atom stereocenters. The van der Waals surface area contributed by atoms with Crippen LogP contribution >= 0.6 is 0 Å². The van der Waals surface area contributed by atoms with Crippen LogP contribution in [0.1, 0.15) is 39.4 Å². The van der Waals surface area contributed by atoms with Crippen LogP contribution in [-0.4, -0.2) is 45.7 Å². The first-order valence-corrected chi connectivity index (χ1v) is 12.2. The molecule has 1 fully saturated rings. The molecule has 1 aliphatic heterocycles. The molecule has 166 valence electrons. The van der Waals surface area contributed by atoms with Crippen molar-refractivity contribution in [1.82, 2.24) is 24.2 Å². The lowest BCUT2D eigenvalue weighted by Crippen LogP contribution is -2.32. The Kier molecular flexibility index (Phi) is 5.45. The normalized spacial score (nSPS) is 16.2. The molecule has 0 N–H and O–H groups in total. The lowest BCUT2D eigenvalue weighted by atomic mass is 9.93. The molecule has 1 saturated heterocycles. The van der Waals surface area contributed by atoms with E-state index in [9.17, 15) is 8.42 Å². The van der Waals surface area contributed by atoms with Crippen molar-refractivity contribution < 1.29 is 8.42 Å². The van der Waals surface area contributed by atoms with Crippen LogP contribution in [0.5, 0.6) is 0 Å². The molecule has 0 radical (unpaired) electrons. The number of sulfone groups is 1. The highest BCUT2D eigenvalue weighted by Gasteiger charge is 2.27. The van der Waals surface area contributed by atoms with Crippen LogP contribution in [0, 0.1) is 5.92 Å². The standard InChI is InChI=1S/C23H31N5O2S/c1-6-27-11-9-17(10-12-27)15-28-21-8-7-18(13-20(21)25-22(28)23(2,3)4)31(29,30)19-14-24-26(5)16-19/h6-8,13-14,16-17H,1,9-12,15H2,2-5H3. The lowest BCUT2D eigenvalue weighted by molar-refractivity contribution is 0.225. The number of aromatic nitrogens is 4. The number of fused-ring (bicyclic) bond motifs is 1. The average molecular weight is 442 g/mol. The van der Waals surface area contributed by atoms with Crippen LogP contribution in [-0.2, 0) is 28.8 Å². The smallest absolute Gasteiger partial charge is 0.209 e. The Morgan fingerprint density at radius 3 is 2.48 bits per heavy atom. The number of rotatable bonds is 5. The molecule has 3 aromatic rings. The largest absolute Gasteiger partial charge is 0.378 e. The van der Waals surface area contributed by atoms with Crippen molar-refractivity contribution in [2.75, 3.05) is 13.1 Å². The molecule has 0 spiro atoms. The predicted molar refractivity (Wildman–Crippen MR) is 122 cm³/mol. The highest BCUT2D eigenvalue weighted by Crippen LogP contribution is 2.31. The summed E-state index contributed by atoms with van der Waals surface area (Å²) in [6, 6.07) is 5.29. The highest BCUT2D eigenvalue weighted by atomic mass is 32.2. The summed E-state index contributed by atoms with van der Waals surface area (Å²) in [5.41, 5.74) is 1.56. The van der Waals surface area contributed by atoms with Gasteiger partial charge >= 0.3 is 0 Å². The first-order chi connectivity index (χ1) is 14.6. The zero-order valence-corrected chi connectivity index (χ0v) is 19.6. The maximum Gasteiger partial charge on any atom is 0.209 e. The zero-order chi connectivity index (χ0) is 22.4. The van der Waals surface area contributed by atoms with Crippen molar-refractivity contribution in [3.05, 3.63) is 49.2 Å². The second kappa shape index (κ2) is 7.82. The van der Waals surface area contributed by atoms with Crippen LogP contribution in [0.3, 0.4) is 0 Å². The monoisotopic (exact) mass is 441 g/mol. The predicted octanol–water partition coefficient (Wildman–Crippen LogP) is 3.76. The third-order valence-electron chi connectivity index (χ3n) is 6.04. The van der Waals surface area contributed by atoms with Gasteiger partial charge in [0.25, 0.3) is 0 Å². The van der Waals surface area contributed by atoms with Crippen LogP contribution in [0.15, 0.2) is 53.2 Å². The first kappa shape index (κ1) is 21.6. The van der Waals surface area contributed by atoms with Crippen LogP contribution in [0.25, 0.3) is 11.0 Å². The van der Waals surface area contributed by atoms with E-state index < -0.39 is 9.84 Å². The molecular weight excluding hydrogens is 410 g/mol. The summed E-state index contributed by atoms with van der Waals surface area (Å²) in [7, 11) is -1.93. The van der Waals surface area contributed by atoms with Gasteiger partial charge in [-0.3, -0.25) is 4.68 Å². The summed E-state index contributed by atoms with van der Waals surface area (Å²) in [5.74, 6) is 1.55. The molecule has 0 aliphatic carbocycles. The Balaban J connectivity index is 1.73. The average Bonchev–Trinajstić information content (AvgIpc) is 3.32. The van der Waals surface area contributed by atoms with Crippen molar-refractivity contribution >= 4 is 20.9 Å². The SMILES string of the molecule is C=CN1CCC(Cn2c(C(C)(C)C)nc3cc(S(=O)(=O)c4cnn(C)c4)ccc32)CC1. The molecule has 3 heterocycles. The van der Waals surface area contributed by atoms with Gasteiger partial charge in [0, 0.05) is 38.3 Å². The van der Waals surface area contributed by atoms with Gasteiger partial charge < -0.3 is 9.47 Å². The topological polar surface area (TPSA) is 73.0 Å². The summed E-state index contributed by atoms with van der Waals surface area (Å²) < 4.78 is 29.9. The minimum atomic E-state index is -3.63. The Hall–Kier alpha value is -2.61. The molecule has 31 heavy (non-hydrogen) atoms. The van der Waals surface area contributed by atoms with Crippen molar-refractivity contribution in [2.24, 2.45) is 13.0 Å². The molecule has 8 heteroatoms. The van der Waals surface area contributed by atoms with Gasteiger partial charge in [-0.1, -0.05) is 27.4 Å². The number of nitrogens with zero attached hydrogens (tertiary/aromatic N) is 5. The minimum Gasteiger partial charge on any atom is -0.378 e. The highest BCUT2D eigenvalue weighted by molar-refractivity contribution is 7.91. The van der Waals surface area contributed by atoms with Gasteiger partial charge in [0.1, 0.15) is 10.7 Å². The van der Waals surface area contributed by atoms with E-state index in [1.54, 1.807) is 19.2 Å². The van der Waals surface area contributed by atoms with Gasteiger partial charge in [-0.2, -0.15) is 5.10 Å². The number of hydrogen-bond donors (Lipinski definition) is 0. The van der Waals surface area contributed by atoms with Gasteiger partial charge in [-0.05, 0) is 43.2 Å². The molecular formula is C23H31N5O2S. The van der Waals surface area contributed by atoms with Crippen molar-refractivity contribution in [3.63, 3.8) is 0 Å². The lowest BCUT2D eigenvalue weighted by Gasteiger charge is -2.32. The van der Waals surface area contributed by atoms with E-state index in [4.69, 9.17) is 4.98 Å². The number of benzene rings is 1. The van der Waals surface area contributed by atoms with Crippen LogP contribution in [0.4, 0.5) is 0 Å².